The van der Waals surface area contributed by atoms with Crippen molar-refractivity contribution in [3.8, 4) is 0 Å². The second-order valence-electron chi connectivity index (χ2n) is 9.01. The van der Waals surface area contributed by atoms with E-state index in [2.05, 4.69) is 81.9 Å². The second kappa shape index (κ2) is 20.9. The molecule has 0 spiro atoms. The van der Waals surface area contributed by atoms with Gasteiger partial charge in [-0.1, -0.05) is 92.8 Å². The van der Waals surface area contributed by atoms with Gasteiger partial charge in [0.25, 0.3) is 0 Å². The SMILES string of the molecule is c1ccc(CNCCCNCCCCCCCCCNCCCNCc2ccccc2)cc1. The smallest absolute Gasteiger partial charge is 0.0205 e. The number of hydrogen-bond donors (Lipinski definition) is 4. The highest BCUT2D eigenvalue weighted by molar-refractivity contribution is 5.14. The molecule has 0 unspecified atom stereocenters. The minimum absolute atomic E-state index is 0.976. The highest BCUT2D eigenvalue weighted by atomic mass is 14.9. The van der Waals surface area contributed by atoms with Crippen molar-refractivity contribution in [1.29, 1.82) is 0 Å². The van der Waals surface area contributed by atoms with Crippen LogP contribution < -0.4 is 21.3 Å². The molecule has 0 aromatic heterocycles. The van der Waals surface area contributed by atoms with Crippen molar-refractivity contribution in [1.82, 2.24) is 21.3 Å². The third-order valence-electron chi connectivity index (χ3n) is 5.97. The van der Waals surface area contributed by atoms with Gasteiger partial charge in [0.1, 0.15) is 0 Å². The predicted molar refractivity (Wildman–Crippen MR) is 144 cm³/mol. The molecule has 0 saturated heterocycles. The van der Waals surface area contributed by atoms with Gasteiger partial charge in [-0.05, 0) is 76.1 Å². The Bertz CT molecular complexity index is 590. The van der Waals surface area contributed by atoms with E-state index in [9.17, 15) is 0 Å². The topological polar surface area (TPSA) is 48.1 Å². The van der Waals surface area contributed by atoms with Crippen molar-refractivity contribution in [2.24, 2.45) is 0 Å². The van der Waals surface area contributed by atoms with E-state index in [0.717, 1.165) is 39.3 Å². The van der Waals surface area contributed by atoms with E-state index in [1.165, 1.54) is 82.0 Å². The zero-order chi connectivity index (χ0) is 23.1. The van der Waals surface area contributed by atoms with Crippen LogP contribution in [0.4, 0.5) is 0 Å². The maximum absolute atomic E-state index is 3.58. The Labute approximate surface area is 203 Å². The first-order valence-electron chi connectivity index (χ1n) is 13.4. The summed E-state index contributed by atoms with van der Waals surface area (Å²) in [6.07, 6.45) is 11.9. The molecule has 0 aliphatic carbocycles. The second-order valence-corrected chi connectivity index (χ2v) is 9.01. The Kier molecular flexibility index (Phi) is 17.4. The number of rotatable bonds is 22. The van der Waals surface area contributed by atoms with E-state index < -0.39 is 0 Å². The van der Waals surface area contributed by atoms with Gasteiger partial charge in [0.05, 0.1) is 0 Å². The molecule has 33 heavy (non-hydrogen) atoms. The molecule has 2 aromatic carbocycles. The molecule has 0 aliphatic rings. The molecule has 0 fully saturated rings. The average molecular weight is 453 g/mol. The molecule has 0 amide bonds. The summed E-state index contributed by atoms with van der Waals surface area (Å²) in [7, 11) is 0. The quantitative estimate of drug-likeness (QED) is 0.184. The molecule has 2 aromatic rings. The maximum atomic E-state index is 3.58. The van der Waals surface area contributed by atoms with Gasteiger partial charge in [0, 0.05) is 13.1 Å². The van der Waals surface area contributed by atoms with Crippen LogP contribution in [0, 0.1) is 0 Å². The average Bonchev–Trinajstić information content (AvgIpc) is 2.86. The first-order chi connectivity index (χ1) is 16.4. The van der Waals surface area contributed by atoms with Crippen LogP contribution in [0.2, 0.25) is 0 Å². The summed E-state index contributed by atoms with van der Waals surface area (Å²) < 4.78 is 0. The highest BCUT2D eigenvalue weighted by Gasteiger charge is 1.95. The van der Waals surface area contributed by atoms with Gasteiger partial charge in [-0.25, -0.2) is 0 Å². The molecule has 184 valence electrons. The summed E-state index contributed by atoms with van der Waals surface area (Å²) in [5, 5.41) is 14.2. The first kappa shape index (κ1) is 27.5. The van der Waals surface area contributed by atoms with Crippen LogP contribution in [0.3, 0.4) is 0 Å². The standard InChI is InChI=1S/C29H48N4/c1(2-4-12-20-30-22-14-24-32-26-28-16-8-6-9-17-28)3-5-13-21-31-23-15-25-33-27-29-18-10-7-11-19-29/h6-11,16-19,30-33H,1-5,12-15,20-27H2. The van der Waals surface area contributed by atoms with Gasteiger partial charge >= 0.3 is 0 Å². The monoisotopic (exact) mass is 452 g/mol. The van der Waals surface area contributed by atoms with Crippen LogP contribution in [0.5, 0.6) is 0 Å². The number of hydrogen-bond acceptors (Lipinski definition) is 4. The van der Waals surface area contributed by atoms with Gasteiger partial charge < -0.3 is 21.3 Å². The van der Waals surface area contributed by atoms with Gasteiger partial charge in [-0.2, -0.15) is 0 Å². The third kappa shape index (κ3) is 16.5. The first-order valence-corrected chi connectivity index (χ1v) is 13.4. The number of benzene rings is 2. The van der Waals surface area contributed by atoms with E-state index in [1.54, 1.807) is 0 Å². The van der Waals surface area contributed by atoms with Crippen LogP contribution in [0.1, 0.15) is 68.9 Å². The van der Waals surface area contributed by atoms with E-state index in [4.69, 9.17) is 0 Å². The zero-order valence-electron chi connectivity index (χ0n) is 20.8. The molecule has 0 atom stereocenters. The summed E-state index contributed by atoms with van der Waals surface area (Å²) in [5.74, 6) is 0. The minimum atomic E-state index is 0.976. The normalized spacial score (nSPS) is 11.2. The molecule has 0 saturated carbocycles. The fraction of sp³-hybridized carbons (Fsp3) is 0.586. The summed E-state index contributed by atoms with van der Waals surface area (Å²) in [6, 6.07) is 21.3. The Morgan fingerprint density at radius 1 is 0.333 bits per heavy atom. The van der Waals surface area contributed by atoms with E-state index in [1.807, 2.05) is 0 Å². The Morgan fingerprint density at radius 2 is 0.667 bits per heavy atom. The van der Waals surface area contributed by atoms with Crippen LogP contribution in [0.25, 0.3) is 0 Å². The zero-order valence-corrected chi connectivity index (χ0v) is 20.8. The van der Waals surface area contributed by atoms with Crippen molar-refractivity contribution in [2.45, 2.75) is 70.9 Å². The molecule has 0 radical (unpaired) electrons. The van der Waals surface area contributed by atoms with Crippen molar-refractivity contribution >= 4 is 0 Å². The molecule has 0 aliphatic heterocycles. The summed E-state index contributed by atoms with van der Waals surface area (Å²) >= 11 is 0. The van der Waals surface area contributed by atoms with E-state index in [-0.39, 0.29) is 0 Å². The summed E-state index contributed by atoms with van der Waals surface area (Å²) in [5.41, 5.74) is 2.73. The maximum Gasteiger partial charge on any atom is 0.0205 e. The van der Waals surface area contributed by atoms with Gasteiger partial charge in [-0.3, -0.25) is 0 Å². The summed E-state index contributed by atoms with van der Waals surface area (Å²) in [4.78, 5) is 0. The number of unbranched alkanes of at least 4 members (excludes halogenated alkanes) is 6. The van der Waals surface area contributed by atoms with Crippen molar-refractivity contribution in [3.63, 3.8) is 0 Å². The van der Waals surface area contributed by atoms with E-state index in [0.29, 0.717) is 0 Å². The molecule has 4 nitrogen and oxygen atoms in total. The predicted octanol–water partition coefficient (Wildman–Crippen LogP) is 5.26. The number of nitrogens with one attached hydrogen (secondary N) is 4. The van der Waals surface area contributed by atoms with E-state index >= 15 is 0 Å². The fourth-order valence-corrected chi connectivity index (χ4v) is 3.97. The minimum Gasteiger partial charge on any atom is -0.317 e. The molecule has 4 N–H and O–H groups in total. The van der Waals surface area contributed by atoms with Gasteiger partial charge in [0.2, 0.25) is 0 Å². The van der Waals surface area contributed by atoms with Crippen LogP contribution in [-0.2, 0) is 13.1 Å². The van der Waals surface area contributed by atoms with Crippen LogP contribution >= 0.6 is 0 Å². The summed E-state index contributed by atoms with van der Waals surface area (Å²) in [6.45, 7) is 8.71. The van der Waals surface area contributed by atoms with Gasteiger partial charge in [0.15, 0.2) is 0 Å². The lowest BCUT2D eigenvalue weighted by atomic mass is 10.1. The fourth-order valence-electron chi connectivity index (χ4n) is 3.97. The van der Waals surface area contributed by atoms with Crippen molar-refractivity contribution < 1.29 is 0 Å². The van der Waals surface area contributed by atoms with Crippen LogP contribution in [0.15, 0.2) is 60.7 Å². The Balaban J connectivity index is 1.20. The molecule has 4 heteroatoms. The highest BCUT2D eigenvalue weighted by Crippen LogP contribution is 2.06. The molecule has 0 bridgehead atoms. The largest absolute Gasteiger partial charge is 0.317 e. The van der Waals surface area contributed by atoms with Crippen molar-refractivity contribution in [2.75, 3.05) is 39.3 Å². The lowest BCUT2D eigenvalue weighted by Gasteiger charge is -2.07. The molecule has 2 rings (SSSR count). The lowest BCUT2D eigenvalue weighted by molar-refractivity contribution is 0.532. The molecular weight excluding hydrogens is 404 g/mol. The molecule has 0 heterocycles. The Morgan fingerprint density at radius 3 is 1.09 bits per heavy atom. The Hall–Kier alpha value is -1.72. The van der Waals surface area contributed by atoms with Gasteiger partial charge in [-0.15, -0.1) is 0 Å². The third-order valence-corrected chi connectivity index (χ3v) is 5.97. The van der Waals surface area contributed by atoms with Crippen molar-refractivity contribution in [3.05, 3.63) is 71.8 Å². The van der Waals surface area contributed by atoms with Crippen LogP contribution in [-0.4, -0.2) is 39.3 Å². The molecular formula is C29H48N4. The lowest BCUT2D eigenvalue weighted by Crippen LogP contribution is -2.22.